The quantitative estimate of drug-likeness (QED) is 0.697. The van der Waals surface area contributed by atoms with Crippen LogP contribution >= 0.6 is 22.9 Å². The molecule has 3 aromatic rings. The van der Waals surface area contributed by atoms with Crippen LogP contribution in [0.4, 0.5) is 4.39 Å². The molecule has 0 saturated heterocycles. The van der Waals surface area contributed by atoms with Crippen molar-refractivity contribution in [1.29, 1.82) is 0 Å². The number of rotatable bonds is 4. The Hall–Kier alpha value is -1.42. The minimum Gasteiger partial charge on any atom is -0.313 e. The van der Waals surface area contributed by atoms with E-state index in [4.69, 9.17) is 11.6 Å². The normalized spacial score (nSPS) is 12.7. The van der Waals surface area contributed by atoms with Gasteiger partial charge in [0.05, 0.1) is 0 Å². The lowest BCUT2D eigenvalue weighted by molar-refractivity contribution is 0.589. The fraction of sp³-hybridized carbons (Fsp3) is 0.176. The molecule has 3 rings (SSSR count). The van der Waals surface area contributed by atoms with Crippen LogP contribution < -0.4 is 5.32 Å². The first-order valence-electron chi connectivity index (χ1n) is 6.76. The van der Waals surface area contributed by atoms with Crippen molar-refractivity contribution < 1.29 is 4.39 Å². The Bertz CT molecular complexity index is 768. The summed E-state index contributed by atoms with van der Waals surface area (Å²) < 4.78 is 14.7. The van der Waals surface area contributed by atoms with Crippen molar-refractivity contribution in [3.05, 3.63) is 69.8 Å². The first kappa shape index (κ1) is 14.5. The number of hydrogen-bond acceptors (Lipinski definition) is 2. The van der Waals surface area contributed by atoms with Gasteiger partial charge in [0.1, 0.15) is 5.82 Å². The topological polar surface area (TPSA) is 12.0 Å². The summed E-state index contributed by atoms with van der Waals surface area (Å²) in [7, 11) is 1.92. The van der Waals surface area contributed by atoms with Crippen molar-refractivity contribution in [2.24, 2.45) is 0 Å². The molecule has 0 fully saturated rings. The maximum atomic E-state index is 13.4. The molecule has 0 aliphatic rings. The molecule has 1 heterocycles. The molecule has 0 aliphatic carbocycles. The van der Waals surface area contributed by atoms with Gasteiger partial charge in [-0.25, -0.2) is 4.39 Å². The van der Waals surface area contributed by atoms with Gasteiger partial charge in [0.2, 0.25) is 0 Å². The molecular formula is C17H15ClFNS. The standard InChI is InChI=1S/C17H15ClFNS/c1-20-16(9-11-8-12(19)6-7-15(11)18)14-10-21-17-5-3-2-4-13(14)17/h2-8,10,16,20H,9H2,1H3. The van der Waals surface area contributed by atoms with E-state index in [1.807, 2.05) is 19.2 Å². The molecule has 108 valence electrons. The minimum atomic E-state index is -0.251. The van der Waals surface area contributed by atoms with Crippen molar-refractivity contribution >= 4 is 33.0 Å². The van der Waals surface area contributed by atoms with E-state index in [0.29, 0.717) is 11.4 Å². The van der Waals surface area contributed by atoms with Crippen LogP contribution in [-0.2, 0) is 6.42 Å². The Morgan fingerprint density at radius 2 is 2.05 bits per heavy atom. The number of hydrogen-bond donors (Lipinski definition) is 1. The zero-order valence-electron chi connectivity index (χ0n) is 11.6. The molecule has 1 unspecified atom stereocenters. The number of likely N-dealkylation sites (N-methyl/N-ethyl adjacent to an activating group) is 1. The molecular weight excluding hydrogens is 305 g/mol. The number of benzene rings is 2. The SMILES string of the molecule is CNC(Cc1cc(F)ccc1Cl)c1csc2ccccc12. The highest BCUT2D eigenvalue weighted by Crippen LogP contribution is 2.32. The third-order valence-corrected chi connectivity index (χ3v) is 5.02. The van der Waals surface area contributed by atoms with Crippen LogP contribution in [0.3, 0.4) is 0 Å². The summed E-state index contributed by atoms with van der Waals surface area (Å²) in [6, 6.07) is 13.0. The highest BCUT2D eigenvalue weighted by Gasteiger charge is 2.16. The second-order valence-electron chi connectivity index (χ2n) is 4.97. The molecule has 0 aliphatic heterocycles. The van der Waals surface area contributed by atoms with Gasteiger partial charge in [0.15, 0.2) is 0 Å². The van der Waals surface area contributed by atoms with Crippen LogP contribution in [0.5, 0.6) is 0 Å². The van der Waals surface area contributed by atoms with E-state index in [1.165, 1.54) is 27.8 Å². The molecule has 0 bridgehead atoms. The molecule has 4 heteroatoms. The maximum Gasteiger partial charge on any atom is 0.123 e. The predicted octanol–water partition coefficient (Wildman–Crippen LogP) is 5.20. The van der Waals surface area contributed by atoms with E-state index in [1.54, 1.807) is 17.4 Å². The molecule has 1 N–H and O–H groups in total. The largest absolute Gasteiger partial charge is 0.313 e. The van der Waals surface area contributed by atoms with Gasteiger partial charge in [-0.3, -0.25) is 0 Å². The summed E-state index contributed by atoms with van der Waals surface area (Å²) in [4.78, 5) is 0. The Kier molecular flexibility index (Phi) is 4.24. The van der Waals surface area contributed by atoms with Crippen LogP contribution in [-0.4, -0.2) is 7.05 Å². The van der Waals surface area contributed by atoms with Crippen molar-refractivity contribution in [2.75, 3.05) is 7.05 Å². The second-order valence-corrected chi connectivity index (χ2v) is 6.29. The van der Waals surface area contributed by atoms with Gasteiger partial charge in [0, 0.05) is 15.8 Å². The van der Waals surface area contributed by atoms with Crippen LogP contribution in [0, 0.1) is 5.82 Å². The van der Waals surface area contributed by atoms with Gasteiger partial charge in [0.25, 0.3) is 0 Å². The number of thiophene rings is 1. The average Bonchev–Trinajstić information content (AvgIpc) is 2.92. The Morgan fingerprint density at radius 3 is 2.86 bits per heavy atom. The van der Waals surface area contributed by atoms with Gasteiger partial charge in [-0.1, -0.05) is 29.8 Å². The molecule has 0 spiro atoms. The highest BCUT2D eigenvalue weighted by atomic mass is 35.5. The lowest BCUT2D eigenvalue weighted by Gasteiger charge is -2.17. The zero-order valence-corrected chi connectivity index (χ0v) is 13.1. The van der Waals surface area contributed by atoms with E-state index >= 15 is 0 Å². The van der Waals surface area contributed by atoms with E-state index in [2.05, 4.69) is 22.8 Å². The van der Waals surface area contributed by atoms with Crippen molar-refractivity contribution in [1.82, 2.24) is 5.32 Å². The minimum absolute atomic E-state index is 0.112. The third kappa shape index (κ3) is 2.95. The van der Waals surface area contributed by atoms with E-state index < -0.39 is 0 Å². The van der Waals surface area contributed by atoms with Crippen LogP contribution in [0.1, 0.15) is 17.2 Å². The molecule has 0 saturated carbocycles. The Balaban J connectivity index is 1.97. The van der Waals surface area contributed by atoms with E-state index in [0.717, 1.165) is 5.56 Å². The van der Waals surface area contributed by atoms with Crippen LogP contribution in [0.15, 0.2) is 47.8 Å². The second kappa shape index (κ2) is 6.14. The Labute approximate surface area is 132 Å². The summed E-state index contributed by atoms with van der Waals surface area (Å²) >= 11 is 7.91. The van der Waals surface area contributed by atoms with Crippen LogP contribution in [0.2, 0.25) is 5.02 Å². The molecule has 21 heavy (non-hydrogen) atoms. The summed E-state index contributed by atoms with van der Waals surface area (Å²) in [6.07, 6.45) is 0.661. The lowest BCUT2D eigenvalue weighted by atomic mass is 9.98. The molecule has 1 aromatic heterocycles. The smallest absolute Gasteiger partial charge is 0.123 e. The summed E-state index contributed by atoms with van der Waals surface area (Å²) in [6.45, 7) is 0. The van der Waals surface area contributed by atoms with Gasteiger partial charge in [-0.15, -0.1) is 11.3 Å². The first-order chi connectivity index (χ1) is 10.2. The molecule has 1 nitrogen and oxygen atoms in total. The lowest BCUT2D eigenvalue weighted by Crippen LogP contribution is -2.18. The Morgan fingerprint density at radius 1 is 1.24 bits per heavy atom. The van der Waals surface area contributed by atoms with E-state index in [9.17, 15) is 4.39 Å². The van der Waals surface area contributed by atoms with E-state index in [-0.39, 0.29) is 11.9 Å². The predicted molar refractivity (Wildman–Crippen MR) is 88.7 cm³/mol. The molecule has 2 aromatic carbocycles. The monoisotopic (exact) mass is 319 g/mol. The zero-order chi connectivity index (χ0) is 14.8. The maximum absolute atomic E-state index is 13.4. The molecule has 1 atom stereocenters. The number of fused-ring (bicyclic) bond motifs is 1. The van der Waals surface area contributed by atoms with Gasteiger partial charge in [-0.05, 0) is 59.6 Å². The van der Waals surface area contributed by atoms with Gasteiger partial charge >= 0.3 is 0 Å². The number of halogens is 2. The van der Waals surface area contributed by atoms with Crippen molar-refractivity contribution in [3.8, 4) is 0 Å². The molecule has 0 amide bonds. The van der Waals surface area contributed by atoms with Crippen LogP contribution in [0.25, 0.3) is 10.1 Å². The molecule has 0 radical (unpaired) electrons. The van der Waals surface area contributed by atoms with Crippen molar-refractivity contribution in [2.45, 2.75) is 12.5 Å². The summed E-state index contributed by atoms with van der Waals surface area (Å²) in [5, 5.41) is 7.34. The first-order valence-corrected chi connectivity index (χ1v) is 8.02. The number of nitrogens with one attached hydrogen (secondary N) is 1. The average molecular weight is 320 g/mol. The highest BCUT2D eigenvalue weighted by molar-refractivity contribution is 7.17. The van der Waals surface area contributed by atoms with Gasteiger partial charge in [-0.2, -0.15) is 0 Å². The fourth-order valence-electron chi connectivity index (χ4n) is 2.56. The van der Waals surface area contributed by atoms with Gasteiger partial charge < -0.3 is 5.32 Å². The third-order valence-electron chi connectivity index (χ3n) is 3.67. The van der Waals surface area contributed by atoms with Crippen molar-refractivity contribution in [3.63, 3.8) is 0 Å². The fourth-order valence-corrected chi connectivity index (χ4v) is 3.77. The summed E-state index contributed by atoms with van der Waals surface area (Å²) in [5.41, 5.74) is 2.06. The summed E-state index contributed by atoms with van der Waals surface area (Å²) in [5.74, 6) is -0.251.